The van der Waals surface area contributed by atoms with Gasteiger partial charge in [-0.1, -0.05) is 41.4 Å². The first kappa shape index (κ1) is 16.3. The summed E-state index contributed by atoms with van der Waals surface area (Å²) in [7, 11) is 0. The van der Waals surface area contributed by atoms with Crippen LogP contribution in [0.5, 0.6) is 5.75 Å². The van der Waals surface area contributed by atoms with Gasteiger partial charge in [-0.3, -0.25) is 9.78 Å². The highest BCUT2D eigenvalue weighted by molar-refractivity contribution is 6.35. The molecule has 1 heterocycles. The first-order valence-corrected chi connectivity index (χ1v) is 7.95. The van der Waals surface area contributed by atoms with Crippen LogP contribution in [-0.2, 0) is 4.79 Å². The Hall–Kier alpha value is -2.59. The van der Waals surface area contributed by atoms with Crippen molar-refractivity contribution in [3.8, 4) is 5.75 Å². The summed E-state index contributed by atoms with van der Waals surface area (Å²) in [5.41, 5.74) is 2.91. The summed E-state index contributed by atoms with van der Waals surface area (Å²) >= 11 is 6.36. The third-order valence-corrected chi connectivity index (χ3v) is 4.23. The van der Waals surface area contributed by atoms with E-state index < -0.39 is 6.04 Å². The van der Waals surface area contributed by atoms with E-state index in [-0.39, 0.29) is 11.7 Å². The fourth-order valence-corrected chi connectivity index (χ4v) is 3.00. The Morgan fingerprint density at radius 1 is 1.25 bits per heavy atom. The minimum Gasteiger partial charge on any atom is -0.505 e. The molecule has 0 unspecified atom stereocenters. The second-order valence-electron chi connectivity index (χ2n) is 5.74. The molecule has 0 aliphatic heterocycles. The smallest absolute Gasteiger partial charge is 0.217 e. The zero-order valence-electron chi connectivity index (χ0n) is 13.4. The first-order valence-electron chi connectivity index (χ1n) is 7.57. The highest BCUT2D eigenvalue weighted by Gasteiger charge is 2.22. The van der Waals surface area contributed by atoms with Crippen LogP contribution in [-0.4, -0.2) is 16.0 Å². The Morgan fingerprint density at radius 3 is 2.62 bits per heavy atom. The topological polar surface area (TPSA) is 62.2 Å². The van der Waals surface area contributed by atoms with Crippen LogP contribution in [0.3, 0.4) is 0 Å². The van der Waals surface area contributed by atoms with Crippen molar-refractivity contribution in [1.82, 2.24) is 10.3 Å². The number of aryl methyl sites for hydroxylation is 1. The molecule has 1 amide bonds. The molecule has 0 radical (unpaired) electrons. The summed E-state index contributed by atoms with van der Waals surface area (Å²) in [6.07, 6.45) is 1.60. The molecule has 0 spiro atoms. The third-order valence-electron chi connectivity index (χ3n) is 3.91. The SMILES string of the molecule is CC(=O)N[C@@H](c1ccc(C)cc1)c1cc(Cl)c2cccnc2c1O. The Kier molecular flexibility index (Phi) is 4.40. The number of rotatable bonds is 3. The van der Waals surface area contributed by atoms with Gasteiger partial charge in [-0.25, -0.2) is 0 Å². The molecule has 5 heteroatoms. The molecule has 122 valence electrons. The number of hydrogen-bond donors (Lipinski definition) is 2. The minimum atomic E-state index is -0.507. The maximum Gasteiger partial charge on any atom is 0.217 e. The second kappa shape index (κ2) is 6.49. The standard InChI is InChI=1S/C19H17ClN2O2/c1-11-5-7-13(8-6-11)17(22-12(2)23)15-10-16(20)14-4-3-9-21-18(14)19(15)24/h3-10,17,24H,1-2H3,(H,22,23)/t17-/m0/s1. The lowest BCUT2D eigenvalue weighted by molar-refractivity contribution is -0.119. The first-order chi connectivity index (χ1) is 11.5. The number of phenolic OH excluding ortho intramolecular Hbond substituents is 1. The fourth-order valence-electron chi connectivity index (χ4n) is 2.73. The maximum atomic E-state index is 11.7. The zero-order valence-corrected chi connectivity index (χ0v) is 14.1. The van der Waals surface area contributed by atoms with Crippen LogP contribution in [0.2, 0.25) is 5.02 Å². The summed E-state index contributed by atoms with van der Waals surface area (Å²) in [6, 6.07) is 12.5. The average Bonchev–Trinajstić information content (AvgIpc) is 2.57. The molecular weight excluding hydrogens is 324 g/mol. The predicted molar refractivity (Wildman–Crippen MR) is 95.3 cm³/mol. The third kappa shape index (κ3) is 3.05. The number of aromatic hydroxyl groups is 1. The average molecular weight is 341 g/mol. The van der Waals surface area contributed by atoms with Gasteiger partial charge < -0.3 is 10.4 Å². The number of nitrogens with one attached hydrogen (secondary N) is 1. The van der Waals surface area contributed by atoms with Crippen LogP contribution < -0.4 is 5.32 Å². The molecular formula is C19H17ClN2O2. The molecule has 3 rings (SSSR count). The molecule has 2 aromatic carbocycles. The fraction of sp³-hybridized carbons (Fsp3) is 0.158. The number of pyridine rings is 1. The van der Waals surface area contributed by atoms with E-state index in [1.807, 2.05) is 31.2 Å². The highest BCUT2D eigenvalue weighted by Crippen LogP contribution is 2.38. The molecule has 1 atom stereocenters. The number of amides is 1. The molecule has 3 aromatic rings. The van der Waals surface area contributed by atoms with Crippen LogP contribution in [0.1, 0.15) is 29.7 Å². The number of aromatic nitrogens is 1. The van der Waals surface area contributed by atoms with Gasteiger partial charge in [0.25, 0.3) is 0 Å². The number of carbonyl (C=O) groups excluding carboxylic acids is 1. The van der Waals surface area contributed by atoms with E-state index in [0.29, 0.717) is 21.5 Å². The van der Waals surface area contributed by atoms with E-state index in [1.165, 1.54) is 6.92 Å². The van der Waals surface area contributed by atoms with Gasteiger partial charge in [-0.05, 0) is 30.7 Å². The molecule has 2 N–H and O–H groups in total. The van der Waals surface area contributed by atoms with Crippen molar-refractivity contribution in [1.29, 1.82) is 0 Å². The molecule has 0 aliphatic rings. The Labute approximate surface area is 145 Å². The number of fused-ring (bicyclic) bond motifs is 1. The molecule has 0 bridgehead atoms. The number of benzene rings is 2. The van der Waals surface area contributed by atoms with Crippen LogP contribution in [0.25, 0.3) is 10.9 Å². The highest BCUT2D eigenvalue weighted by atomic mass is 35.5. The summed E-state index contributed by atoms with van der Waals surface area (Å²) in [5, 5.41) is 14.7. The normalized spacial score (nSPS) is 12.1. The predicted octanol–water partition coefficient (Wildman–Crippen LogP) is 4.13. The number of hydrogen-bond acceptors (Lipinski definition) is 3. The second-order valence-corrected chi connectivity index (χ2v) is 6.15. The molecule has 0 aliphatic carbocycles. The van der Waals surface area contributed by atoms with E-state index in [0.717, 1.165) is 11.1 Å². The Morgan fingerprint density at radius 2 is 1.96 bits per heavy atom. The lowest BCUT2D eigenvalue weighted by atomic mass is 9.95. The van der Waals surface area contributed by atoms with Gasteiger partial charge >= 0.3 is 0 Å². The van der Waals surface area contributed by atoms with Crippen molar-refractivity contribution >= 4 is 28.4 Å². The largest absolute Gasteiger partial charge is 0.505 e. The monoisotopic (exact) mass is 340 g/mol. The number of phenols is 1. The van der Waals surface area contributed by atoms with Crippen LogP contribution in [0, 0.1) is 6.92 Å². The molecule has 0 saturated heterocycles. The molecule has 1 aromatic heterocycles. The quantitative estimate of drug-likeness (QED) is 0.753. The van der Waals surface area contributed by atoms with Gasteiger partial charge in [-0.2, -0.15) is 0 Å². The van der Waals surface area contributed by atoms with E-state index in [4.69, 9.17) is 11.6 Å². The van der Waals surface area contributed by atoms with Crippen LogP contribution in [0.15, 0.2) is 48.7 Å². The van der Waals surface area contributed by atoms with Crippen molar-refractivity contribution in [2.75, 3.05) is 0 Å². The Bertz CT molecular complexity index is 907. The number of carbonyl (C=O) groups is 1. The molecule has 24 heavy (non-hydrogen) atoms. The van der Waals surface area contributed by atoms with Gasteiger partial charge in [0.1, 0.15) is 11.3 Å². The summed E-state index contributed by atoms with van der Waals surface area (Å²) in [5.74, 6) is -0.174. The number of halogens is 1. The van der Waals surface area contributed by atoms with Gasteiger partial charge in [-0.15, -0.1) is 0 Å². The van der Waals surface area contributed by atoms with Crippen molar-refractivity contribution < 1.29 is 9.90 Å². The van der Waals surface area contributed by atoms with E-state index in [9.17, 15) is 9.90 Å². The summed E-state index contributed by atoms with van der Waals surface area (Å²) in [4.78, 5) is 15.9. The Balaban J connectivity index is 2.21. The number of nitrogens with zero attached hydrogens (tertiary/aromatic N) is 1. The van der Waals surface area contributed by atoms with Crippen LogP contribution >= 0.6 is 11.6 Å². The van der Waals surface area contributed by atoms with Crippen molar-refractivity contribution in [2.45, 2.75) is 19.9 Å². The summed E-state index contributed by atoms with van der Waals surface area (Å²) in [6.45, 7) is 3.44. The lowest BCUT2D eigenvalue weighted by Crippen LogP contribution is -2.27. The summed E-state index contributed by atoms with van der Waals surface area (Å²) < 4.78 is 0. The minimum absolute atomic E-state index is 0.0225. The van der Waals surface area contributed by atoms with Gasteiger partial charge in [0.05, 0.1) is 11.1 Å². The van der Waals surface area contributed by atoms with E-state index in [2.05, 4.69) is 10.3 Å². The van der Waals surface area contributed by atoms with Crippen LogP contribution in [0.4, 0.5) is 0 Å². The van der Waals surface area contributed by atoms with E-state index >= 15 is 0 Å². The molecule has 0 fully saturated rings. The van der Waals surface area contributed by atoms with Gasteiger partial charge in [0, 0.05) is 24.1 Å². The van der Waals surface area contributed by atoms with Gasteiger partial charge in [0.15, 0.2) is 0 Å². The van der Waals surface area contributed by atoms with Crippen molar-refractivity contribution in [3.05, 3.63) is 70.4 Å². The zero-order chi connectivity index (χ0) is 17.3. The molecule has 4 nitrogen and oxygen atoms in total. The lowest BCUT2D eigenvalue weighted by Gasteiger charge is -2.21. The van der Waals surface area contributed by atoms with Gasteiger partial charge in [0.2, 0.25) is 5.91 Å². The van der Waals surface area contributed by atoms with Crippen molar-refractivity contribution in [2.24, 2.45) is 0 Å². The maximum absolute atomic E-state index is 11.7. The van der Waals surface area contributed by atoms with E-state index in [1.54, 1.807) is 24.4 Å². The van der Waals surface area contributed by atoms with Crippen molar-refractivity contribution in [3.63, 3.8) is 0 Å². The molecule has 0 saturated carbocycles.